The third-order valence-corrected chi connectivity index (χ3v) is 8.82. The number of carbonyl (C=O) groups is 1. The minimum absolute atomic E-state index is 0.00689. The van der Waals surface area contributed by atoms with Crippen LogP contribution >= 0.6 is 11.7 Å². The second-order valence-electron chi connectivity index (χ2n) is 11.0. The Balaban J connectivity index is 1.50. The van der Waals surface area contributed by atoms with Crippen LogP contribution in [0.4, 0.5) is 4.39 Å². The van der Waals surface area contributed by atoms with Crippen LogP contribution in [0.1, 0.15) is 54.4 Å². The Morgan fingerprint density at radius 1 is 0.977 bits per heavy atom. The van der Waals surface area contributed by atoms with Gasteiger partial charge in [0.1, 0.15) is 11.0 Å². The number of cyclic esters (lactones) is 1. The molecule has 1 N–H and O–H groups in total. The van der Waals surface area contributed by atoms with E-state index in [0.717, 1.165) is 54.6 Å². The van der Waals surface area contributed by atoms with Crippen molar-refractivity contribution in [3.8, 4) is 23.0 Å². The summed E-state index contributed by atoms with van der Waals surface area (Å²) in [5, 5.41) is 12.1. The summed E-state index contributed by atoms with van der Waals surface area (Å²) < 4.78 is 52.2. The highest BCUT2D eigenvalue weighted by Gasteiger charge is 2.48. The van der Waals surface area contributed by atoms with Gasteiger partial charge in [-0.3, -0.25) is 0 Å². The number of hydrogen-bond donors (Lipinski definition) is 1. The molecule has 1 aliphatic carbocycles. The number of methoxy groups -OCH3 is 3. The molecule has 3 aromatic carbocycles. The first kappa shape index (κ1) is 29.8. The van der Waals surface area contributed by atoms with E-state index >= 15 is 0 Å². The fraction of sp³-hybridized carbons (Fsp3) is 0.364. The number of hydrogen-bond acceptors (Lipinski definition) is 10. The third-order valence-electron chi connectivity index (χ3n) is 8.28. The zero-order valence-corrected chi connectivity index (χ0v) is 25.8. The lowest BCUT2D eigenvalue weighted by atomic mass is 9.87. The molecule has 1 atom stereocenters. The van der Waals surface area contributed by atoms with Gasteiger partial charge in [-0.05, 0) is 91.8 Å². The van der Waals surface area contributed by atoms with Gasteiger partial charge in [0.25, 0.3) is 5.79 Å². The van der Waals surface area contributed by atoms with E-state index in [-0.39, 0.29) is 35.0 Å². The molecule has 2 aliphatic rings. The lowest BCUT2D eigenvalue weighted by Gasteiger charge is -2.27. The van der Waals surface area contributed by atoms with E-state index < -0.39 is 17.6 Å². The average Bonchev–Trinajstić information content (AvgIpc) is 3.60. The molecule has 2 heterocycles. The molecule has 6 rings (SSSR count). The molecule has 0 amide bonds. The molecule has 11 heteroatoms. The number of rotatable bonds is 9. The van der Waals surface area contributed by atoms with Gasteiger partial charge in [0.05, 0.1) is 44.7 Å². The molecule has 230 valence electrons. The monoisotopic (exact) mass is 620 g/mol. The van der Waals surface area contributed by atoms with Crippen LogP contribution in [-0.4, -0.2) is 47.3 Å². The van der Waals surface area contributed by atoms with Crippen molar-refractivity contribution >= 4 is 34.3 Å². The number of aliphatic hydroxyl groups is 1. The predicted octanol–water partition coefficient (Wildman–Crippen LogP) is 6.27. The topological polar surface area (TPSA) is 109 Å². The number of halogens is 1. The average molecular weight is 621 g/mol. The van der Waals surface area contributed by atoms with E-state index in [2.05, 4.69) is 8.75 Å². The van der Waals surface area contributed by atoms with E-state index in [1.165, 1.54) is 25.7 Å². The minimum Gasteiger partial charge on any atom is -0.494 e. The molecular weight excluding hydrogens is 587 g/mol. The van der Waals surface area contributed by atoms with Crippen LogP contribution in [0, 0.1) is 12.7 Å². The van der Waals surface area contributed by atoms with Crippen molar-refractivity contribution < 1.29 is 38.0 Å². The van der Waals surface area contributed by atoms with Crippen molar-refractivity contribution in [3.05, 3.63) is 76.1 Å². The van der Waals surface area contributed by atoms with Crippen LogP contribution in [0.25, 0.3) is 16.6 Å². The van der Waals surface area contributed by atoms with Gasteiger partial charge in [-0.1, -0.05) is 6.42 Å². The van der Waals surface area contributed by atoms with Crippen molar-refractivity contribution in [1.82, 2.24) is 8.75 Å². The zero-order chi connectivity index (χ0) is 31.0. The van der Waals surface area contributed by atoms with Crippen molar-refractivity contribution in [3.63, 3.8) is 0 Å². The molecular formula is C33H33FN2O7S. The molecule has 44 heavy (non-hydrogen) atoms. The van der Waals surface area contributed by atoms with Crippen molar-refractivity contribution in [2.45, 2.75) is 57.3 Å². The van der Waals surface area contributed by atoms with Crippen LogP contribution in [-0.2, 0) is 21.7 Å². The molecule has 1 fully saturated rings. The summed E-state index contributed by atoms with van der Waals surface area (Å²) in [6.45, 7) is 1.87. The summed E-state index contributed by atoms with van der Waals surface area (Å²) in [5.74, 6) is -2.32. The van der Waals surface area contributed by atoms with Crippen LogP contribution in [0.2, 0.25) is 0 Å². The highest BCUT2D eigenvalue weighted by Crippen LogP contribution is 2.48. The van der Waals surface area contributed by atoms with Gasteiger partial charge < -0.3 is 28.8 Å². The number of carbonyl (C=O) groups excluding carboxylic acids is 1. The molecule has 9 nitrogen and oxygen atoms in total. The summed E-state index contributed by atoms with van der Waals surface area (Å²) >= 11 is 1.07. The van der Waals surface area contributed by atoms with Gasteiger partial charge >= 0.3 is 5.97 Å². The molecule has 1 aromatic heterocycles. The molecule has 1 aliphatic heterocycles. The van der Waals surface area contributed by atoms with E-state index in [9.17, 15) is 14.3 Å². The molecule has 1 saturated carbocycles. The standard InChI is InChI=1S/C33H33FN2O7S/c1-18-12-20(16-25-30(18)36-44-35-25)29-23(33(38,43-32(29)37)21-10-11-26(39-2)24(34)17-21)13-19-14-27(40-3)31(28(15-19)41-4)42-22-8-6-5-7-9-22/h10-12,14-17,22,38H,5-9,13H2,1-4H3. The Labute approximate surface area is 258 Å². The Morgan fingerprint density at radius 2 is 1.68 bits per heavy atom. The predicted molar refractivity (Wildman–Crippen MR) is 163 cm³/mol. The SMILES string of the molecule is COc1ccc(C2(O)OC(=O)C(c3cc(C)c4nsnc4c3)=C2Cc2cc(OC)c(OC3CCCCC3)c(OC)c2)cc1F. The summed E-state index contributed by atoms with van der Waals surface area (Å²) in [4.78, 5) is 13.6. The van der Waals surface area contributed by atoms with Crippen LogP contribution in [0.15, 0.2) is 48.0 Å². The normalized spacial score (nSPS) is 18.9. The highest BCUT2D eigenvalue weighted by atomic mass is 32.1. The lowest BCUT2D eigenvalue weighted by Crippen LogP contribution is -2.30. The number of esters is 1. The fourth-order valence-corrected chi connectivity index (χ4v) is 6.64. The third kappa shape index (κ3) is 5.35. The Kier molecular flexibility index (Phi) is 8.17. The van der Waals surface area contributed by atoms with Crippen molar-refractivity contribution in [2.75, 3.05) is 21.3 Å². The maximum Gasteiger partial charge on any atom is 0.342 e. The molecule has 0 bridgehead atoms. The lowest BCUT2D eigenvalue weighted by molar-refractivity contribution is -0.185. The van der Waals surface area contributed by atoms with Gasteiger partial charge in [-0.15, -0.1) is 0 Å². The number of nitrogens with zero attached hydrogens (tertiary/aromatic N) is 2. The van der Waals surface area contributed by atoms with Crippen molar-refractivity contribution in [2.24, 2.45) is 0 Å². The molecule has 0 spiro atoms. The first-order valence-electron chi connectivity index (χ1n) is 14.4. The Bertz CT molecular complexity index is 1740. The van der Waals surface area contributed by atoms with Crippen LogP contribution in [0.3, 0.4) is 0 Å². The van der Waals surface area contributed by atoms with E-state index in [1.807, 2.05) is 13.0 Å². The summed E-state index contributed by atoms with van der Waals surface area (Å²) in [7, 11) is 4.45. The van der Waals surface area contributed by atoms with Gasteiger partial charge in [0.2, 0.25) is 5.75 Å². The van der Waals surface area contributed by atoms with E-state index in [0.29, 0.717) is 33.9 Å². The van der Waals surface area contributed by atoms with Gasteiger partial charge in [0, 0.05) is 17.6 Å². The van der Waals surface area contributed by atoms with E-state index in [1.54, 1.807) is 32.4 Å². The number of aromatic nitrogens is 2. The molecule has 4 aromatic rings. The molecule has 0 saturated heterocycles. The summed E-state index contributed by atoms with van der Waals surface area (Å²) in [5.41, 5.74) is 3.72. The number of benzene rings is 3. The first-order valence-corrected chi connectivity index (χ1v) is 15.2. The van der Waals surface area contributed by atoms with Gasteiger partial charge in [0.15, 0.2) is 23.1 Å². The fourth-order valence-electron chi connectivity index (χ4n) is 6.06. The second kappa shape index (κ2) is 12.0. The molecule has 1 unspecified atom stereocenters. The maximum absolute atomic E-state index is 14.9. The number of fused-ring (bicyclic) bond motifs is 1. The minimum atomic E-state index is -2.28. The Hall–Kier alpha value is -4.22. The van der Waals surface area contributed by atoms with E-state index in [4.69, 9.17) is 23.7 Å². The molecule has 0 radical (unpaired) electrons. The maximum atomic E-state index is 14.9. The van der Waals surface area contributed by atoms with Crippen LogP contribution < -0.4 is 18.9 Å². The first-order chi connectivity index (χ1) is 21.2. The van der Waals surface area contributed by atoms with Crippen molar-refractivity contribution in [1.29, 1.82) is 0 Å². The van der Waals surface area contributed by atoms with Crippen LogP contribution in [0.5, 0.6) is 23.0 Å². The second-order valence-corrected chi connectivity index (χ2v) is 11.6. The van der Waals surface area contributed by atoms with Gasteiger partial charge in [-0.2, -0.15) is 8.75 Å². The largest absolute Gasteiger partial charge is 0.494 e. The smallest absolute Gasteiger partial charge is 0.342 e. The number of ether oxygens (including phenoxy) is 5. The summed E-state index contributed by atoms with van der Waals surface area (Å²) in [6.07, 6.45) is 5.39. The Morgan fingerprint density at radius 3 is 2.34 bits per heavy atom. The zero-order valence-electron chi connectivity index (χ0n) is 24.9. The summed E-state index contributed by atoms with van der Waals surface area (Å²) in [6, 6.07) is 11.1. The number of aryl methyl sites for hydroxylation is 1. The highest BCUT2D eigenvalue weighted by molar-refractivity contribution is 7.00. The van der Waals surface area contributed by atoms with Gasteiger partial charge in [-0.25, -0.2) is 9.18 Å². The quantitative estimate of drug-likeness (QED) is 0.216.